The fourth-order valence-electron chi connectivity index (χ4n) is 2.47. The van der Waals surface area contributed by atoms with Crippen molar-refractivity contribution in [1.29, 1.82) is 0 Å². The van der Waals surface area contributed by atoms with Crippen molar-refractivity contribution in [1.82, 2.24) is 9.97 Å². The number of fused-ring (bicyclic) bond motifs is 1. The van der Waals surface area contributed by atoms with E-state index in [1.165, 1.54) is 0 Å². The van der Waals surface area contributed by atoms with Crippen LogP contribution < -0.4 is 5.56 Å². The molecule has 0 spiro atoms. The van der Waals surface area contributed by atoms with Crippen molar-refractivity contribution in [2.24, 2.45) is 0 Å². The predicted octanol–water partition coefficient (Wildman–Crippen LogP) is 4.15. The quantitative estimate of drug-likeness (QED) is 0.684. The van der Waals surface area contributed by atoms with Crippen molar-refractivity contribution in [2.45, 2.75) is 19.8 Å². The van der Waals surface area contributed by atoms with Gasteiger partial charge in [0.05, 0.1) is 9.26 Å². The minimum absolute atomic E-state index is 0.0583. The minimum atomic E-state index is -0.0583. The highest BCUT2D eigenvalue weighted by molar-refractivity contribution is 14.1. The Morgan fingerprint density at radius 2 is 1.90 bits per heavy atom. The van der Waals surface area contributed by atoms with Gasteiger partial charge >= 0.3 is 0 Å². The zero-order chi connectivity index (χ0) is 14.8. The molecule has 1 N–H and O–H groups in total. The zero-order valence-electron chi connectivity index (χ0n) is 11.7. The van der Waals surface area contributed by atoms with E-state index in [9.17, 15) is 4.79 Å². The molecule has 1 heterocycles. The number of aryl methyl sites for hydroxylation is 1. The summed E-state index contributed by atoms with van der Waals surface area (Å²) in [6, 6.07) is 14.2. The standard InChI is InChI=1S/C17H15IN2O/c1-2-6-14-15(18)17(21)20-16(19-14)13-10-5-8-11-7-3-4-9-12(11)13/h3-5,7-10H,2,6H2,1H3,(H,19,20,21). The molecule has 0 aliphatic carbocycles. The van der Waals surface area contributed by atoms with Gasteiger partial charge in [0.1, 0.15) is 5.82 Å². The summed E-state index contributed by atoms with van der Waals surface area (Å²) in [5.74, 6) is 0.653. The maximum absolute atomic E-state index is 12.1. The molecule has 3 aromatic rings. The molecule has 0 saturated carbocycles. The third-order valence-electron chi connectivity index (χ3n) is 3.46. The van der Waals surface area contributed by atoms with Gasteiger partial charge in [-0.3, -0.25) is 4.79 Å². The molecule has 0 amide bonds. The topological polar surface area (TPSA) is 45.8 Å². The molecule has 4 heteroatoms. The normalized spacial score (nSPS) is 11.0. The van der Waals surface area contributed by atoms with Crippen LogP contribution >= 0.6 is 22.6 Å². The molecule has 0 unspecified atom stereocenters. The van der Waals surface area contributed by atoms with Gasteiger partial charge in [0.15, 0.2) is 0 Å². The number of hydrogen-bond donors (Lipinski definition) is 1. The Morgan fingerprint density at radius 3 is 2.71 bits per heavy atom. The van der Waals surface area contributed by atoms with Gasteiger partial charge in [0.2, 0.25) is 0 Å². The van der Waals surface area contributed by atoms with Gasteiger partial charge in [-0.2, -0.15) is 0 Å². The average molecular weight is 390 g/mol. The Hall–Kier alpha value is -1.69. The smallest absolute Gasteiger partial charge is 0.264 e. The van der Waals surface area contributed by atoms with Gasteiger partial charge in [-0.25, -0.2) is 4.98 Å². The third-order valence-corrected chi connectivity index (χ3v) is 4.58. The molecule has 1 aromatic heterocycles. The predicted molar refractivity (Wildman–Crippen MR) is 94.5 cm³/mol. The molecular formula is C17H15IN2O. The second kappa shape index (κ2) is 5.97. The van der Waals surface area contributed by atoms with Crippen LogP contribution in [0.3, 0.4) is 0 Å². The molecule has 0 aliphatic rings. The van der Waals surface area contributed by atoms with E-state index in [2.05, 4.69) is 57.7 Å². The number of aromatic amines is 1. The Morgan fingerprint density at radius 1 is 1.14 bits per heavy atom. The van der Waals surface area contributed by atoms with Crippen molar-refractivity contribution >= 4 is 33.4 Å². The lowest BCUT2D eigenvalue weighted by Crippen LogP contribution is -2.16. The Kier molecular flexibility index (Phi) is 4.05. The molecule has 3 rings (SSSR count). The summed E-state index contributed by atoms with van der Waals surface area (Å²) in [5, 5.41) is 2.25. The average Bonchev–Trinajstić information content (AvgIpc) is 2.51. The van der Waals surface area contributed by atoms with Gasteiger partial charge in [-0.05, 0) is 39.8 Å². The fraction of sp³-hybridized carbons (Fsp3) is 0.176. The lowest BCUT2D eigenvalue weighted by atomic mass is 10.0. The fourth-order valence-corrected chi connectivity index (χ4v) is 2.99. The largest absolute Gasteiger partial charge is 0.306 e. The Bertz CT molecular complexity index is 850. The number of nitrogens with one attached hydrogen (secondary N) is 1. The van der Waals surface area contributed by atoms with Crippen LogP contribution in [0.25, 0.3) is 22.2 Å². The first-order chi connectivity index (χ1) is 10.2. The summed E-state index contributed by atoms with van der Waals surface area (Å²) < 4.78 is 0.693. The lowest BCUT2D eigenvalue weighted by molar-refractivity contribution is 0.860. The number of rotatable bonds is 3. The van der Waals surface area contributed by atoms with E-state index in [-0.39, 0.29) is 5.56 Å². The molecule has 0 saturated heterocycles. The zero-order valence-corrected chi connectivity index (χ0v) is 13.8. The summed E-state index contributed by atoms with van der Waals surface area (Å²) in [4.78, 5) is 19.7. The third kappa shape index (κ3) is 2.72. The van der Waals surface area contributed by atoms with Crippen LogP contribution in [0.1, 0.15) is 19.0 Å². The molecule has 0 aliphatic heterocycles. The van der Waals surface area contributed by atoms with E-state index < -0.39 is 0 Å². The van der Waals surface area contributed by atoms with Gasteiger partial charge in [-0.1, -0.05) is 55.8 Å². The van der Waals surface area contributed by atoms with E-state index >= 15 is 0 Å². The van der Waals surface area contributed by atoms with Gasteiger partial charge in [-0.15, -0.1) is 0 Å². The summed E-state index contributed by atoms with van der Waals surface area (Å²) in [6.07, 6.45) is 1.79. The van der Waals surface area contributed by atoms with E-state index in [0.29, 0.717) is 9.39 Å². The van der Waals surface area contributed by atoms with Crippen molar-refractivity contribution < 1.29 is 0 Å². The van der Waals surface area contributed by atoms with Crippen LogP contribution in [0.5, 0.6) is 0 Å². The first-order valence-electron chi connectivity index (χ1n) is 6.97. The molecule has 21 heavy (non-hydrogen) atoms. The number of benzene rings is 2. The number of halogens is 1. The maximum atomic E-state index is 12.1. The molecule has 0 fully saturated rings. The van der Waals surface area contributed by atoms with Gasteiger partial charge in [0, 0.05) is 5.56 Å². The first-order valence-corrected chi connectivity index (χ1v) is 8.05. The van der Waals surface area contributed by atoms with Gasteiger partial charge < -0.3 is 4.98 Å². The van der Waals surface area contributed by atoms with Crippen LogP contribution in [-0.4, -0.2) is 9.97 Å². The van der Waals surface area contributed by atoms with E-state index in [4.69, 9.17) is 0 Å². The van der Waals surface area contributed by atoms with Crippen LogP contribution in [-0.2, 0) is 6.42 Å². The van der Waals surface area contributed by atoms with Crippen LogP contribution in [0.15, 0.2) is 47.3 Å². The molecule has 0 radical (unpaired) electrons. The highest BCUT2D eigenvalue weighted by Crippen LogP contribution is 2.26. The maximum Gasteiger partial charge on any atom is 0.264 e. The minimum Gasteiger partial charge on any atom is -0.306 e. The Labute approximate surface area is 136 Å². The summed E-state index contributed by atoms with van der Waals surface area (Å²) in [6.45, 7) is 2.09. The van der Waals surface area contributed by atoms with Crippen LogP contribution in [0.4, 0.5) is 0 Å². The summed E-state index contributed by atoms with van der Waals surface area (Å²) >= 11 is 2.08. The second-order valence-electron chi connectivity index (χ2n) is 4.95. The number of hydrogen-bond acceptors (Lipinski definition) is 2. The molecular weight excluding hydrogens is 375 g/mol. The molecule has 0 atom stereocenters. The number of nitrogens with zero attached hydrogens (tertiary/aromatic N) is 1. The van der Waals surface area contributed by atoms with Crippen molar-refractivity contribution in [3.8, 4) is 11.4 Å². The molecule has 3 nitrogen and oxygen atoms in total. The monoisotopic (exact) mass is 390 g/mol. The lowest BCUT2D eigenvalue weighted by Gasteiger charge is -2.08. The number of H-pyrrole nitrogens is 1. The summed E-state index contributed by atoms with van der Waals surface area (Å²) in [5.41, 5.74) is 1.79. The highest BCUT2D eigenvalue weighted by Gasteiger charge is 2.11. The van der Waals surface area contributed by atoms with E-state index in [1.54, 1.807) is 0 Å². The van der Waals surface area contributed by atoms with Crippen LogP contribution in [0.2, 0.25) is 0 Å². The molecule has 106 valence electrons. The molecule has 0 bridgehead atoms. The SMILES string of the molecule is CCCc1nc(-c2cccc3ccccc23)[nH]c(=O)c1I. The summed E-state index contributed by atoms with van der Waals surface area (Å²) in [7, 11) is 0. The van der Waals surface area contributed by atoms with E-state index in [1.807, 2.05) is 24.3 Å². The van der Waals surface area contributed by atoms with Crippen LogP contribution in [0, 0.1) is 3.57 Å². The number of aromatic nitrogens is 2. The van der Waals surface area contributed by atoms with E-state index in [0.717, 1.165) is 34.9 Å². The van der Waals surface area contributed by atoms with Crippen molar-refractivity contribution in [3.63, 3.8) is 0 Å². The van der Waals surface area contributed by atoms with Crippen molar-refractivity contribution in [3.05, 3.63) is 62.1 Å². The highest BCUT2D eigenvalue weighted by atomic mass is 127. The Balaban J connectivity index is 2.26. The first kappa shape index (κ1) is 14.3. The van der Waals surface area contributed by atoms with Crippen molar-refractivity contribution in [2.75, 3.05) is 0 Å². The molecule has 2 aromatic carbocycles. The van der Waals surface area contributed by atoms with Gasteiger partial charge in [0.25, 0.3) is 5.56 Å². The second-order valence-corrected chi connectivity index (χ2v) is 6.03.